The van der Waals surface area contributed by atoms with E-state index in [9.17, 15) is 0 Å². The molecule has 1 fully saturated rings. The van der Waals surface area contributed by atoms with Crippen molar-refractivity contribution in [1.82, 2.24) is 0 Å². The van der Waals surface area contributed by atoms with Gasteiger partial charge in [0.05, 0.1) is 0 Å². The maximum atomic E-state index is 2.43. The molecule has 2 aliphatic carbocycles. The first-order valence-electron chi connectivity index (χ1n) is 5.23. The predicted molar refractivity (Wildman–Crippen MR) is 53.0 cm³/mol. The first-order chi connectivity index (χ1) is 5.55. The van der Waals surface area contributed by atoms with Crippen LogP contribution in [0.25, 0.3) is 0 Å². The van der Waals surface area contributed by atoms with E-state index in [0.717, 1.165) is 11.8 Å². The molecular weight excluding hydrogens is 144 g/mol. The Bertz CT molecular complexity index is 232. The minimum atomic E-state index is 0.505. The van der Waals surface area contributed by atoms with E-state index in [1.807, 2.05) is 0 Å². The molecule has 0 saturated heterocycles. The molecule has 0 aromatic heterocycles. The fourth-order valence-corrected chi connectivity index (χ4v) is 3.41. The lowest BCUT2D eigenvalue weighted by molar-refractivity contribution is 0.262. The molecule has 0 N–H and O–H groups in total. The highest BCUT2D eigenvalue weighted by atomic mass is 14.5. The van der Waals surface area contributed by atoms with Crippen LogP contribution in [0.5, 0.6) is 0 Å². The zero-order valence-electron chi connectivity index (χ0n) is 8.78. The van der Waals surface area contributed by atoms with Crippen molar-refractivity contribution in [2.45, 2.75) is 47.0 Å². The van der Waals surface area contributed by atoms with Crippen molar-refractivity contribution in [3.8, 4) is 0 Å². The van der Waals surface area contributed by atoms with E-state index < -0.39 is 0 Å². The van der Waals surface area contributed by atoms with Crippen LogP contribution in [0.1, 0.15) is 47.0 Å². The second-order valence-corrected chi connectivity index (χ2v) is 5.17. The molecule has 0 radical (unpaired) electrons. The molecule has 0 aromatic rings. The molecule has 0 unspecified atom stereocenters. The maximum Gasteiger partial charge on any atom is -0.0111 e. The van der Waals surface area contributed by atoms with Gasteiger partial charge >= 0.3 is 0 Å². The topological polar surface area (TPSA) is 0 Å². The van der Waals surface area contributed by atoms with Crippen molar-refractivity contribution in [2.75, 3.05) is 0 Å². The number of hydrogen-bond acceptors (Lipinski definition) is 0. The summed E-state index contributed by atoms with van der Waals surface area (Å²) in [5.41, 5.74) is 3.89. The van der Waals surface area contributed by atoms with E-state index in [-0.39, 0.29) is 0 Å². The van der Waals surface area contributed by atoms with Gasteiger partial charge in [-0.3, -0.25) is 0 Å². The average Bonchev–Trinajstić information content (AvgIpc) is 2.54. The van der Waals surface area contributed by atoms with Crippen LogP contribution in [0.15, 0.2) is 11.1 Å². The molecule has 0 aliphatic heterocycles. The van der Waals surface area contributed by atoms with Crippen LogP contribution in [-0.2, 0) is 0 Å². The lowest BCUT2D eigenvalue weighted by Gasteiger charge is -2.28. The van der Waals surface area contributed by atoms with Crippen LogP contribution in [0.2, 0.25) is 0 Å². The third kappa shape index (κ3) is 0.841. The van der Waals surface area contributed by atoms with Gasteiger partial charge in [-0.2, -0.15) is 0 Å². The van der Waals surface area contributed by atoms with Crippen LogP contribution >= 0.6 is 0 Å². The Labute approximate surface area is 76.1 Å². The Morgan fingerprint density at radius 3 is 2.42 bits per heavy atom. The van der Waals surface area contributed by atoms with Gasteiger partial charge < -0.3 is 0 Å². The predicted octanol–water partition coefficient (Wildman–Crippen LogP) is 3.78. The fraction of sp³-hybridized carbons (Fsp3) is 0.833. The van der Waals surface area contributed by atoms with Crippen molar-refractivity contribution in [3.63, 3.8) is 0 Å². The maximum absolute atomic E-state index is 2.43. The Hall–Kier alpha value is -0.260. The van der Waals surface area contributed by atoms with Gasteiger partial charge in [0, 0.05) is 0 Å². The standard InChI is InChI=1S/C12H20/c1-8-9(2)12(3,4)11-7-5-6-10(8)11/h10-11H,5-7H2,1-4H3/t10-,11-/m1/s1. The summed E-state index contributed by atoms with van der Waals surface area (Å²) in [6.45, 7) is 9.56. The fourth-order valence-electron chi connectivity index (χ4n) is 3.41. The molecule has 0 aromatic carbocycles. The van der Waals surface area contributed by atoms with Gasteiger partial charge in [0.15, 0.2) is 0 Å². The van der Waals surface area contributed by atoms with Crippen LogP contribution in [0.4, 0.5) is 0 Å². The van der Waals surface area contributed by atoms with E-state index in [4.69, 9.17) is 0 Å². The van der Waals surface area contributed by atoms with Crippen LogP contribution in [0.3, 0.4) is 0 Å². The number of fused-ring (bicyclic) bond motifs is 1. The highest BCUT2D eigenvalue weighted by molar-refractivity contribution is 5.30. The highest BCUT2D eigenvalue weighted by Gasteiger charge is 2.46. The summed E-state index contributed by atoms with van der Waals surface area (Å²) in [6.07, 6.45) is 4.38. The highest BCUT2D eigenvalue weighted by Crippen LogP contribution is 2.56. The van der Waals surface area contributed by atoms with Gasteiger partial charge in [-0.05, 0) is 43.9 Å². The Balaban J connectivity index is 2.40. The molecule has 68 valence electrons. The summed E-state index contributed by atoms with van der Waals surface area (Å²) in [4.78, 5) is 0. The molecular formula is C12H20. The molecule has 0 amide bonds. The van der Waals surface area contributed by atoms with Gasteiger partial charge in [0.1, 0.15) is 0 Å². The third-order valence-corrected chi connectivity index (χ3v) is 4.56. The van der Waals surface area contributed by atoms with Crippen LogP contribution < -0.4 is 0 Å². The summed E-state index contributed by atoms with van der Waals surface area (Å²) in [5, 5.41) is 0. The van der Waals surface area contributed by atoms with E-state index >= 15 is 0 Å². The summed E-state index contributed by atoms with van der Waals surface area (Å²) in [5.74, 6) is 1.91. The Morgan fingerprint density at radius 2 is 1.83 bits per heavy atom. The van der Waals surface area contributed by atoms with Crippen molar-refractivity contribution in [1.29, 1.82) is 0 Å². The molecule has 2 atom stereocenters. The lowest BCUT2D eigenvalue weighted by Crippen LogP contribution is -2.21. The normalized spacial score (nSPS) is 39.0. The third-order valence-electron chi connectivity index (χ3n) is 4.56. The molecule has 0 bridgehead atoms. The van der Waals surface area contributed by atoms with Gasteiger partial charge in [-0.15, -0.1) is 0 Å². The van der Waals surface area contributed by atoms with E-state index in [1.54, 1.807) is 11.1 Å². The number of allylic oxidation sites excluding steroid dienone is 2. The second kappa shape index (κ2) is 2.37. The second-order valence-electron chi connectivity index (χ2n) is 5.17. The van der Waals surface area contributed by atoms with Crippen molar-refractivity contribution < 1.29 is 0 Å². The summed E-state index contributed by atoms with van der Waals surface area (Å²) in [7, 11) is 0. The van der Waals surface area contributed by atoms with Gasteiger partial charge in [-0.25, -0.2) is 0 Å². The molecule has 2 rings (SSSR count). The Kier molecular flexibility index (Phi) is 1.65. The largest absolute Gasteiger partial charge is 0.0704 e. The molecule has 0 spiro atoms. The summed E-state index contributed by atoms with van der Waals surface area (Å²) in [6, 6.07) is 0. The van der Waals surface area contributed by atoms with Crippen molar-refractivity contribution in [2.24, 2.45) is 17.3 Å². The average molecular weight is 164 g/mol. The molecule has 0 nitrogen and oxygen atoms in total. The van der Waals surface area contributed by atoms with E-state index in [1.165, 1.54) is 19.3 Å². The first-order valence-corrected chi connectivity index (χ1v) is 5.23. The zero-order valence-corrected chi connectivity index (χ0v) is 8.78. The Morgan fingerprint density at radius 1 is 1.17 bits per heavy atom. The summed E-state index contributed by atoms with van der Waals surface area (Å²) >= 11 is 0. The molecule has 2 aliphatic rings. The zero-order chi connectivity index (χ0) is 8.93. The van der Waals surface area contributed by atoms with Gasteiger partial charge in [0.25, 0.3) is 0 Å². The quantitative estimate of drug-likeness (QED) is 0.478. The molecule has 0 heterocycles. The van der Waals surface area contributed by atoms with Gasteiger partial charge in [0.2, 0.25) is 0 Å². The van der Waals surface area contributed by atoms with Crippen LogP contribution in [0, 0.1) is 17.3 Å². The number of hydrogen-bond donors (Lipinski definition) is 0. The van der Waals surface area contributed by atoms with Crippen LogP contribution in [-0.4, -0.2) is 0 Å². The smallest absolute Gasteiger partial charge is 0.0111 e. The lowest BCUT2D eigenvalue weighted by atomic mass is 9.76. The van der Waals surface area contributed by atoms with Crippen molar-refractivity contribution in [3.05, 3.63) is 11.1 Å². The SMILES string of the molecule is CC1=C(C)C(C)(C)[C@@H]2CCC[C@H]12. The van der Waals surface area contributed by atoms with E-state index in [2.05, 4.69) is 27.7 Å². The number of rotatable bonds is 0. The van der Waals surface area contributed by atoms with E-state index in [0.29, 0.717) is 5.41 Å². The minimum Gasteiger partial charge on any atom is -0.0704 e. The molecule has 12 heavy (non-hydrogen) atoms. The molecule has 1 saturated carbocycles. The molecule has 0 heteroatoms. The monoisotopic (exact) mass is 164 g/mol. The minimum absolute atomic E-state index is 0.505. The summed E-state index contributed by atoms with van der Waals surface area (Å²) < 4.78 is 0. The first kappa shape index (κ1) is 8.34. The van der Waals surface area contributed by atoms with Crippen molar-refractivity contribution >= 4 is 0 Å². The van der Waals surface area contributed by atoms with Gasteiger partial charge in [-0.1, -0.05) is 31.4 Å².